The van der Waals surface area contributed by atoms with E-state index in [0.29, 0.717) is 16.8 Å². The maximum absolute atomic E-state index is 12.0. The number of thioether (sulfide) groups is 1. The van der Waals surface area contributed by atoms with E-state index >= 15 is 0 Å². The summed E-state index contributed by atoms with van der Waals surface area (Å²) in [5, 5.41) is 7.35. The van der Waals surface area contributed by atoms with Crippen molar-refractivity contribution in [3.05, 3.63) is 21.0 Å². The Bertz CT molecular complexity index is 496. The SMILES string of the molecule is C#CCSCCNc1cnn(CCCC)c(=O)c1Br. The molecule has 0 saturated carbocycles. The van der Waals surface area contributed by atoms with Crippen LogP contribution in [0.3, 0.4) is 0 Å². The van der Waals surface area contributed by atoms with Crippen LogP contribution < -0.4 is 10.9 Å². The molecule has 0 unspecified atom stereocenters. The molecule has 0 bridgehead atoms. The summed E-state index contributed by atoms with van der Waals surface area (Å²) in [6.45, 7) is 3.50. The molecular formula is C13H18BrN3OS. The number of nitrogens with zero attached hydrogens (tertiary/aromatic N) is 2. The van der Waals surface area contributed by atoms with Crippen LogP contribution in [0, 0.1) is 12.3 Å². The Balaban J connectivity index is 2.59. The molecule has 104 valence electrons. The van der Waals surface area contributed by atoms with Crippen molar-refractivity contribution in [1.29, 1.82) is 0 Å². The highest BCUT2D eigenvalue weighted by molar-refractivity contribution is 9.10. The molecule has 1 aromatic rings. The van der Waals surface area contributed by atoms with E-state index in [4.69, 9.17) is 6.42 Å². The Morgan fingerprint density at radius 2 is 2.42 bits per heavy atom. The summed E-state index contributed by atoms with van der Waals surface area (Å²) >= 11 is 5.01. The molecule has 0 aliphatic rings. The molecule has 0 aromatic carbocycles. The van der Waals surface area contributed by atoms with Gasteiger partial charge in [0.25, 0.3) is 5.56 Å². The quantitative estimate of drug-likeness (QED) is 0.582. The minimum atomic E-state index is -0.0882. The number of unbranched alkanes of at least 4 members (excludes halogenated alkanes) is 1. The summed E-state index contributed by atoms with van der Waals surface area (Å²) in [4.78, 5) is 12.0. The summed E-state index contributed by atoms with van der Waals surface area (Å²) in [5.41, 5.74) is 0.647. The Kier molecular flexibility index (Phi) is 7.68. The maximum atomic E-state index is 12.0. The van der Waals surface area contributed by atoms with E-state index in [0.717, 1.165) is 30.8 Å². The van der Waals surface area contributed by atoms with Gasteiger partial charge in [0.15, 0.2) is 0 Å². The van der Waals surface area contributed by atoms with Gasteiger partial charge >= 0.3 is 0 Å². The lowest BCUT2D eigenvalue weighted by atomic mass is 10.3. The van der Waals surface area contributed by atoms with Crippen LogP contribution in [0.4, 0.5) is 5.69 Å². The molecule has 0 fully saturated rings. The molecule has 6 heteroatoms. The Morgan fingerprint density at radius 1 is 1.63 bits per heavy atom. The van der Waals surface area contributed by atoms with Crippen LogP contribution in [0.5, 0.6) is 0 Å². The third kappa shape index (κ3) is 5.29. The van der Waals surface area contributed by atoms with Crippen molar-refractivity contribution in [1.82, 2.24) is 9.78 Å². The minimum Gasteiger partial charge on any atom is -0.382 e. The number of nitrogens with one attached hydrogen (secondary N) is 1. The van der Waals surface area contributed by atoms with E-state index in [1.165, 1.54) is 4.68 Å². The topological polar surface area (TPSA) is 46.9 Å². The number of aryl methyl sites for hydroxylation is 1. The molecule has 0 saturated heterocycles. The van der Waals surface area contributed by atoms with Crippen LogP contribution in [0.25, 0.3) is 0 Å². The summed E-state index contributed by atoms with van der Waals surface area (Å²) in [6, 6.07) is 0. The predicted molar refractivity (Wildman–Crippen MR) is 85.8 cm³/mol. The third-order valence-corrected chi connectivity index (χ3v) is 4.09. The molecule has 1 heterocycles. The van der Waals surface area contributed by atoms with Crippen molar-refractivity contribution >= 4 is 33.4 Å². The van der Waals surface area contributed by atoms with Gasteiger partial charge in [0, 0.05) is 18.8 Å². The summed E-state index contributed by atoms with van der Waals surface area (Å²) in [5.74, 6) is 4.18. The van der Waals surface area contributed by atoms with E-state index in [9.17, 15) is 4.79 Å². The van der Waals surface area contributed by atoms with E-state index in [-0.39, 0.29) is 5.56 Å². The van der Waals surface area contributed by atoms with Crippen molar-refractivity contribution in [2.45, 2.75) is 26.3 Å². The lowest BCUT2D eigenvalue weighted by molar-refractivity contribution is 0.541. The van der Waals surface area contributed by atoms with Gasteiger partial charge in [0.2, 0.25) is 0 Å². The Morgan fingerprint density at radius 3 is 3.11 bits per heavy atom. The standard InChI is InChI=1S/C13H18BrN3OS/c1-3-5-7-17-13(18)12(14)11(10-16-17)15-6-9-19-8-4-2/h2,10,15H,3,5-9H2,1H3. The number of halogens is 1. The van der Waals surface area contributed by atoms with Crippen LogP contribution in [0.2, 0.25) is 0 Å². The van der Waals surface area contributed by atoms with Gasteiger partial charge in [-0.1, -0.05) is 19.3 Å². The van der Waals surface area contributed by atoms with Crippen LogP contribution in [-0.2, 0) is 6.54 Å². The zero-order chi connectivity index (χ0) is 14.1. The zero-order valence-electron chi connectivity index (χ0n) is 11.0. The van der Waals surface area contributed by atoms with Crippen LogP contribution in [-0.4, -0.2) is 27.8 Å². The molecule has 1 rings (SSSR count). The highest BCUT2D eigenvalue weighted by Gasteiger charge is 2.07. The number of anilines is 1. The maximum Gasteiger partial charge on any atom is 0.283 e. The average Bonchev–Trinajstić information content (AvgIpc) is 2.42. The molecule has 4 nitrogen and oxygen atoms in total. The zero-order valence-corrected chi connectivity index (χ0v) is 13.4. The number of aromatic nitrogens is 2. The second-order valence-corrected chi connectivity index (χ2v) is 5.84. The van der Waals surface area contributed by atoms with Crippen LogP contribution >= 0.6 is 27.7 Å². The summed E-state index contributed by atoms with van der Waals surface area (Å²) < 4.78 is 2.03. The highest BCUT2D eigenvalue weighted by Crippen LogP contribution is 2.16. The summed E-state index contributed by atoms with van der Waals surface area (Å²) in [7, 11) is 0. The lowest BCUT2D eigenvalue weighted by Crippen LogP contribution is -2.24. The first-order valence-electron chi connectivity index (χ1n) is 6.21. The van der Waals surface area contributed by atoms with Gasteiger partial charge < -0.3 is 5.32 Å². The first kappa shape index (κ1) is 16.1. The monoisotopic (exact) mass is 343 g/mol. The fraction of sp³-hybridized carbons (Fsp3) is 0.538. The van der Waals surface area contributed by atoms with Gasteiger partial charge in [-0.25, -0.2) is 4.68 Å². The van der Waals surface area contributed by atoms with Gasteiger partial charge in [-0.3, -0.25) is 4.79 Å². The second-order valence-electron chi connectivity index (χ2n) is 3.94. The molecule has 1 aromatic heterocycles. The van der Waals surface area contributed by atoms with Gasteiger partial charge in [0.1, 0.15) is 4.47 Å². The predicted octanol–water partition coefficient (Wildman–Crippen LogP) is 2.58. The van der Waals surface area contributed by atoms with Gasteiger partial charge in [-0.05, 0) is 22.4 Å². The van der Waals surface area contributed by atoms with Crippen molar-refractivity contribution in [3.8, 4) is 12.3 Å². The molecule has 0 aliphatic carbocycles. The Hall–Kier alpha value is -0.930. The van der Waals surface area contributed by atoms with Crippen molar-refractivity contribution in [3.63, 3.8) is 0 Å². The summed E-state index contributed by atoms with van der Waals surface area (Å²) in [6.07, 6.45) is 8.85. The fourth-order valence-electron chi connectivity index (χ4n) is 1.44. The number of terminal acetylenes is 1. The molecule has 0 spiro atoms. The molecule has 19 heavy (non-hydrogen) atoms. The van der Waals surface area contributed by atoms with E-state index < -0.39 is 0 Å². The Labute approximate surface area is 126 Å². The normalized spacial score (nSPS) is 10.2. The molecular weight excluding hydrogens is 326 g/mol. The molecule has 0 amide bonds. The first-order chi connectivity index (χ1) is 9.20. The van der Waals surface area contributed by atoms with E-state index in [2.05, 4.69) is 39.2 Å². The fourth-order valence-corrected chi connectivity index (χ4v) is 2.40. The molecule has 0 atom stereocenters. The van der Waals surface area contributed by atoms with E-state index in [1.54, 1.807) is 18.0 Å². The second kappa shape index (κ2) is 9.05. The van der Waals surface area contributed by atoms with Crippen LogP contribution in [0.1, 0.15) is 19.8 Å². The number of hydrogen-bond donors (Lipinski definition) is 1. The van der Waals surface area contributed by atoms with Crippen molar-refractivity contribution in [2.24, 2.45) is 0 Å². The number of hydrogen-bond acceptors (Lipinski definition) is 4. The number of rotatable bonds is 8. The third-order valence-electron chi connectivity index (χ3n) is 2.46. The molecule has 1 N–H and O–H groups in total. The van der Waals surface area contributed by atoms with Gasteiger partial charge in [-0.2, -0.15) is 5.10 Å². The smallest absolute Gasteiger partial charge is 0.283 e. The van der Waals surface area contributed by atoms with Gasteiger partial charge in [0.05, 0.1) is 17.6 Å². The van der Waals surface area contributed by atoms with E-state index in [1.807, 2.05) is 0 Å². The molecule has 0 aliphatic heterocycles. The van der Waals surface area contributed by atoms with Crippen molar-refractivity contribution in [2.75, 3.05) is 23.4 Å². The van der Waals surface area contributed by atoms with Crippen molar-refractivity contribution < 1.29 is 0 Å². The lowest BCUT2D eigenvalue weighted by Gasteiger charge is -2.09. The minimum absolute atomic E-state index is 0.0882. The van der Waals surface area contributed by atoms with Gasteiger partial charge in [-0.15, -0.1) is 18.2 Å². The average molecular weight is 344 g/mol. The molecule has 0 radical (unpaired) electrons. The van der Waals surface area contributed by atoms with Crippen LogP contribution in [0.15, 0.2) is 15.5 Å². The largest absolute Gasteiger partial charge is 0.382 e. The highest BCUT2D eigenvalue weighted by atomic mass is 79.9. The first-order valence-corrected chi connectivity index (χ1v) is 8.16.